The van der Waals surface area contributed by atoms with Gasteiger partial charge in [0, 0.05) is 11.6 Å². The van der Waals surface area contributed by atoms with Crippen molar-refractivity contribution in [1.29, 1.82) is 0 Å². The fourth-order valence-electron chi connectivity index (χ4n) is 2.79. The molecule has 0 unspecified atom stereocenters. The number of anilines is 1. The SMILES string of the molecule is O=C([O-])c1cccc(-c2ccc(/C=C3\SC(=S)N(c4ccc(F)cc4)C3=O)o2)c1. The predicted molar refractivity (Wildman–Crippen MR) is 111 cm³/mol. The molecule has 5 nitrogen and oxygen atoms in total. The molecule has 0 bridgehead atoms. The van der Waals surface area contributed by atoms with Gasteiger partial charge in [-0.05, 0) is 48.0 Å². The molecule has 4 rings (SSSR count). The molecule has 1 aliphatic heterocycles. The van der Waals surface area contributed by atoms with Crippen LogP contribution in [0.2, 0.25) is 0 Å². The summed E-state index contributed by atoms with van der Waals surface area (Å²) in [7, 11) is 0. The molecule has 29 heavy (non-hydrogen) atoms. The highest BCUT2D eigenvalue weighted by Gasteiger charge is 2.33. The van der Waals surface area contributed by atoms with Gasteiger partial charge in [-0.15, -0.1) is 0 Å². The van der Waals surface area contributed by atoms with Crippen molar-refractivity contribution in [3.63, 3.8) is 0 Å². The van der Waals surface area contributed by atoms with E-state index in [1.165, 1.54) is 41.3 Å². The third-order valence-electron chi connectivity index (χ3n) is 4.16. The predicted octanol–water partition coefficient (Wildman–Crippen LogP) is 3.86. The van der Waals surface area contributed by atoms with Gasteiger partial charge in [-0.3, -0.25) is 9.69 Å². The summed E-state index contributed by atoms with van der Waals surface area (Å²) < 4.78 is 19.2. The monoisotopic (exact) mass is 424 g/mol. The van der Waals surface area contributed by atoms with Crippen molar-refractivity contribution in [3.8, 4) is 11.3 Å². The molecule has 1 fully saturated rings. The van der Waals surface area contributed by atoms with Gasteiger partial charge < -0.3 is 14.3 Å². The van der Waals surface area contributed by atoms with Crippen LogP contribution in [0.25, 0.3) is 17.4 Å². The maximum atomic E-state index is 13.1. The zero-order chi connectivity index (χ0) is 20.5. The van der Waals surface area contributed by atoms with E-state index in [0.29, 0.717) is 32.0 Å². The Morgan fingerprint density at radius 2 is 1.90 bits per heavy atom. The van der Waals surface area contributed by atoms with Gasteiger partial charge in [-0.25, -0.2) is 4.39 Å². The highest BCUT2D eigenvalue weighted by atomic mass is 32.2. The number of amides is 1. The van der Waals surface area contributed by atoms with E-state index in [1.807, 2.05) is 0 Å². The Bertz CT molecular complexity index is 1170. The molecule has 144 valence electrons. The first-order valence-electron chi connectivity index (χ1n) is 8.37. The van der Waals surface area contributed by atoms with Gasteiger partial charge in [-0.1, -0.05) is 42.2 Å². The van der Waals surface area contributed by atoms with Crippen LogP contribution in [-0.4, -0.2) is 16.2 Å². The molecular formula is C21H11FNO4S2-. The minimum Gasteiger partial charge on any atom is -0.545 e. The van der Waals surface area contributed by atoms with Crippen LogP contribution in [0.15, 0.2) is 70.0 Å². The van der Waals surface area contributed by atoms with Gasteiger partial charge in [0.05, 0.1) is 16.6 Å². The van der Waals surface area contributed by atoms with Crippen molar-refractivity contribution in [3.05, 3.63) is 82.7 Å². The lowest BCUT2D eigenvalue weighted by atomic mass is 10.1. The van der Waals surface area contributed by atoms with Gasteiger partial charge in [0.2, 0.25) is 0 Å². The van der Waals surface area contributed by atoms with Crippen molar-refractivity contribution in [1.82, 2.24) is 0 Å². The number of thiocarbonyl (C=S) groups is 1. The van der Waals surface area contributed by atoms with Crippen molar-refractivity contribution >= 4 is 51.9 Å². The molecule has 1 aromatic heterocycles. The van der Waals surface area contributed by atoms with E-state index >= 15 is 0 Å². The molecule has 1 aliphatic rings. The van der Waals surface area contributed by atoms with Crippen LogP contribution in [0.5, 0.6) is 0 Å². The minimum absolute atomic E-state index is 0.0422. The third-order valence-corrected chi connectivity index (χ3v) is 5.46. The molecule has 3 aromatic rings. The maximum Gasteiger partial charge on any atom is 0.270 e. The quantitative estimate of drug-likeness (QED) is 0.468. The molecule has 0 atom stereocenters. The van der Waals surface area contributed by atoms with Gasteiger partial charge >= 0.3 is 0 Å². The van der Waals surface area contributed by atoms with Crippen molar-refractivity contribution in [2.75, 3.05) is 4.90 Å². The summed E-state index contributed by atoms with van der Waals surface area (Å²) in [6.07, 6.45) is 1.56. The Labute approximate surface area is 174 Å². The number of furan rings is 1. The Hall–Kier alpha value is -3.23. The topological polar surface area (TPSA) is 73.6 Å². The Morgan fingerprint density at radius 3 is 2.62 bits per heavy atom. The molecule has 2 aromatic carbocycles. The average Bonchev–Trinajstić information content (AvgIpc) is 3.28. The zero-order valence-electron chi connectivity index (χ0n) is 14.6. The van der Waals surface area contributed by atoms with Crippen LogP contribution in [0.3, 0.4) is 0 Å². The second kappa shape index (κ2) is 7.65. The number of carboxylic acid groups (broad SMARTS) is 1. The Morgan fingerprint density at radius 1 is 1.14 bits per heavy atom. The van der Waals surface area contributed by atoms with Gasteiger partial charge in [0.15, 0.2) is 4.32 Å². The first kappa shape index (κ1) is 19.1. The van der Waals surface area contributed by atoms with E-state index in [9.17, 15) is 19.1 Å². The summed E-state index contributed by atoms with van der Waals surface area (Å²) in [5, 5.41) is 11.0. The Balaban J connectivity index is 1.60. The summed E-state index contributed by atoms with van der Waals surface area (Å²) in [6.45, 7) is 0. The number of halogens is 1. The molecule has 0 saturated carbocycles. The van der Waals surface area contributed by atoms with Gasteiger partial charge in [0.25, 0.3) is 5.91 Å². The number of carboxylic acids is 1. The normalized spacial score (nSPS) is 15.3. The van der Waals surface area contributed by atoms with Gasteiger partial charge in [0.1, 0.15) is 17.3 Å². The van der Waals surface area contributed by atoms with Crippen LogP contribution in [0.1, 0.15) is 16.1 Å². The summed E-state index contributed by atoms with van der Waals surface area (Å²) in [5.41, 5.74) is 1.10. The number of hydrogen-bond donors (Lipinski definition) is 0. The number of hydrogen-bond acceptors (Lipinski definition) is 6. The fourth-order valence-corrected chi connectivity index (χ4v) is 4.07. The second-order valence-electron chi connectivity index (χ2n) is 6.06. The molecule has 1 amide bonds. The summed E-state index contributed by atoms with van der Waals surface area (Å²) in [5.74, 6) is -1.14. The first-order valence-corrected chi connectivity index (χ1v) is 9.60. The number of nitrogens with zero attached hydrogens (tertiary/aromatic N) is 1. The van der Waals surface area contributed by atoms with Gasteiger partial charge in [-0.2, -0.15) is 0 Å². The molecular weight excluding hydrogens is 413 g/mol. The highest BCUT2D eigenvalue weighted by Crippen LogP contribution is 2.36. The summed E-state index contributed by atoms with van der Waals surface area (Å²) in [6, 6.07) is 15.0. The standard InChI is InChI=1S/C21H12FNO4S2/c22-14-4-6-15(7-5-14)23-19(24)18(29-21(23)28)11-16-8-9-17(27-16)12-2-1-3-13(10-12)20(25)26/h1-11H,(H,25,26)/p-1/b18-11-. The van der Waals surface area contributed by atoms with Crippen LogP contribution >= 0.6 is 24.0 Å². The number of carbonyl (C=O) groups is 2. The van der Waals surface area contributed by atoms with Crippen molar-refractivity contribution in [2.45, 2.75) is 0 Å². The fraction of sp³-hybridized carbons (Fsp3) is 0. The minimum atomic E-state index is -1.27. The van der Waals surface area contributed by atoms with E-state index in [2.05, 4.69) is 0 Å². The lowest BCUT2D eigenvalue weighted by Gasteiger charge is -2.14. The van der Waals surface area contributed by atoms with E-state index in [-0.39, 0.29) is 11.5 Å². The number of aromatic carboxylic acids is 1. The lowest BCUT2D eigenvalue weighted by Crippen LogP contribution is -2.27. The molecule has 0 spiro atoms. The number of benzene rings is 2. The summed E-state index contributed by atoms with van der Waals surface area (Å²) in [4.78, 5) is 25.5. The number of thioether (sulfide) groups is 1. The molecule has 1 saturated heterocycles. The van der Waals surface area contributed by atoms with E-state index in [4.69, 9.17) is 16.6 Å². The van der Waals surface area contributed by atoms with Crippen LogP contribution in [-0.2, 0) is 4.79 Å². The van der Waals surface area contributed by atoms with E-state index in [0.717, 1.165) is 11.8 Å². The molecule has 2 heterocycles. The highest BCUT2D eigenvalue weighted by molar-refractivity contribution is 8.27. The number of rotatable bonds is 4. The summed E-state index contributed by atoms with van der Waals surface area (Å²) >= 11 is 6.40. The third kappa shape index (κ3) is 3.85. The lowest BCUT2D eigenvalue weighted by molar-refractivity contribution is -0.255. The maximum absolute atomic E-state index is 13.1. The van der Waals surface area contributed by atoms with Crippen LogP contribution < -0.4 is 10.0 Å². The van der Waals surface area contributed by atoms with Crippen LogP contribution in [0, 0.1) is 5.82 Å². The molecule has 0 N–H and O–H groups in total. The zero-order valence-corrected chi connectivity index (χ0v) is 16.3. The van der Waals surface area contributed by atoms with E-state index in [1.54, 1.807) is 30.3 Å². The first-order chi connectivity index (χ1) is 13.9. The molecule has 0 aliphatic carbocycles. The number of carbonyl (C=O) groups excluding carboxylic acids is 2. The second-order valence-corrected chi connectivity index (χ2v) is 7.74. The Kier molecular flexibility index (Phi) is 5.04. The molecule has 0 radical (unpaired) electrons. The van der Waals surface area contributed by atoms with Crippen molar-refractivity contribution < 1.29 is 23.5 Å². The smallest absolute Gasteiger partial charge is 0.270 e. The largest absolute Gasteiger partial charge is 0.545 e. The molecule has 8 heteroatoms. The van der Waals surface area contributed by atoms with Crippen LogP contribution in [0.4, 0.5) is 10.1 Å². The van der Waals surface area contributed by atoms with Crippen molar-refractivity contribution in [2.24, 2.45) is 0 Å². The average molecular weight is 424 g/mol. The van der Waals surface area contributed by atoms with E-state index < -0.39 is 11.8 Å².